The highest BCUT2D eigenvalue weighted by Crippen LogP contribution is 2.20. The second-order valence-corrected chi connectivity index (χ2v) is 4.02. The molecule has 0 bridgehead atoms. The molecule has 0 aromatic carbocycles. The molecule has 1 heterocycles. The third kappa shape index (κ3) is 3.80. The van der Waals surface area contributed by atoms with Gasteiger partial charge in [0.15, 0.2) is 11.0 Å². The summed E-state index contributed by atoms with van der Waals surface area (Å²) < 4.78 is 0. The first-order valence-electron chi connectivity index (χ1n) is 4.92. The minimum absolute atomic E-state index is 0.122. The molecule has 0 unspecified atom stereocenters. The topological polar surface area (TPSA) is 41.9 Å². The van der Waals surface area contributed by atoms with Crippen LogP contribution in [0.2, 0.25) is 10.4 Å². The van der Waals surface area contributed by atoms with Gasteiger partial charge in [0.2, 0.25) is 5.28 Å². The lowest BCUT2D eigenvalue weighted by atomic mass is 10.2. The van der Waals surface area contributed by atoms with Crippen LogP contribution in [0.5, 0.6) is 0 Å². The number of nitrogens with zero attached hydrogens (tertiary/aromatic N) is 4. The molecule has 1 rings (SSSR count). The van der Waals surface area contributed by atoms with Gasteiger partial charge in [-0.2, -0.15) is 4.98 Å². The molecule has 0 atom stereocenters. The standard InChI is InChI=1S/C9H14Cl2N4/c1-3-4-5-6-15(2)8-7(10)13-14-9(11)12-8/h3-6H2,1-2H3. The quantitative estimate of drug-likeness (QED) is 0.752. The minimum atomic E-state index is 0.122. The first-order valence-corrected chi connectivity index (χ1v) is 5.67. The van der Waals surface area contributed by atoms with Crippen molar-refractivity contribution in [1.29, 1.82) is 0 Å². The van der Waals surface area contributed by atoms with Crippen molar-refractivity contribution in [2.24, 2.45) is 0 Å². The Morgan fingerprint density at radius 2 is 1.93 bits per heavy atom. The van der Waals surface area contributed by atoms with Crippen LogP contribution in [-0.4, -0.2) is 28.8 Å². The predicted octanol–water partition coefficient (Wildman–Crippen LogP) is 2.80. The number of unbranched alkanes of at least 4 members (excludes halogenated alkanes) is 2. The van der Waals surface area contributed by atoms with E-state index in [-0.39, 0.29) is 5.28 Å². The summed E-state index contributed by atoms with van der Waals surface area (Å²) >= 11 is 11.5. The van der Waals surface area contributed by atoms with Crippen molar-refractivity contribution >= 4 is 29.0 Å². The number of halogens is 2. The van der Waals surface area contributed by atoms with Crippen LogP contribution >= 0.6 is 23.2 Å². The smallest absolute Gasteiger partial charge is 0.245 e. The van der Waals surface area contributed by atoms with Gasteiger partial charge < -0.3 is 4.90 Å². The largest absolute Gasteiger partial charge is 0.357 e. The summed E-state index contributed by atoms with van der Waals surface area (Å²) in [6.45, 7) is 3.05. The fourth-order valence-electron chi connectivity index (χ4n) is 1.23. The highest BCUT2D eigenvalue weighted by molar-refractivity contribution is 6.32. The van der Waals surface area contributed by atoms with Crippen molar-refractivity contribution < 1.29 is 0 Å². The van der Waals surface area contributed by atoms with Gasteiger partial charge in [0.05, 0.1) is 0 Å². The normalized spacial score (nSPS) is 10.4. The van der Waals surface area contributed by atoms with E-state index in [1.54, 1.807) is 0 Å². The second kappa shape index (κ2) is 6.08. The van der Waals surface area contributed by atoms with Gasteiger partial charge in [0, 0.05) is 13.6 Å². The lowest BCUT2D eigenvalue weighted by molar-refractivity contribution is 0.699. The van der Waals surface area contributed by atoms with Crippen molar-refractivity contribution in [2.75, 3.05) is 18.5 Å². The summed E-state index contributed by atoms with van der Waals surface area (Å²) in [5.74, 6) is 0.591. The van der Waals surface area contributed by atoms with Crippen LogP contribution in [-0.2, 0) is 0 Å². The van der Waals surface area contributed by atoms with Crippen LogP contribution in [0.15, 0.2) is 0 Å². The van der Waals surface area contributed by atoms with E-state index in [4.69, 9.17) is 23.2 Å². The molecule has 0 aliphatic rings. The average Bonchev–Trinajstić information content (AvgIpc) is 2.22. The number of aromatic nitrogens is 3. The van der Waals surface area contributed by atoms with Gasteiger partial charge in [-0.05, 0) is 18.0 Å². The molecular weight excluding hydrogens is 235 g/mol. The summed E-state index contributed by atoms with van der Waals surface area (Å²) in [4.78, 5) is 5.98. The van der Waals surface area contributed by atoms with Gasteiger partial charge >= 0.3 is 0 Å². The second-order valence-electron chi connectivity index (χ2n) is 3.32. The van der Waals surface area contributed by atoms with Crippen LogP contribution in [0, 0.1) is 0 Å². The van der Waals surface area contributed by atoms with Crippen molar-refractivity contribution in [1.82, 2.24) is 15.2 Å². The summed E-state index contributed by atoms with van der Waals surface area (Å²) in [7, 11) is 1.92. The maximum Gasteiger partial charge on any atom is 0.245 e. The zero-order valence-corrected chi connectivity index (χ0v) is 10.4. The molecule has 0 radical (unpaired) electrons. The first kappa shape index (κ1) is 12.5. The van der Waals surface area contributed by atoms with Crippen molar-refractivity contribution in [3.05, 3.63) is 10.4 Å². The SMILES string of the molecule is CCCCCN(C)c1nc(Cl)nnc1Cl. The third-order valence-corrected chi connectivity index (χ3v) is 2.47. The third-order valence-electron chi connectivity index (χ3n) is 2.06. The molecule has 0 aliphatic heterocycles. The summed E-state index contributed by atoms with van der Waals surface area (Å²) in [6, 6.07) is 0. The summed E-state index contributed by atoms with van der Waals surface area (Å²) in [5, 5.41) is 7.68. The van der Waals surface area contributed by atoms with E-state index in [9.17, 15) is 0 Å². The Kier molecular flexibility index (Phi) is 5.05. The Morgan fingerprint density at radius 1 is 1.20 bits per heavy atom. The molecule has 6 heteroatoms. The van der Waals surface area contributed by atoms with Crippen LogP contribution in [0.1, 0.15) is 26.2 Å². The average molecular weight is 249 g/mol. The predicted molar refractivity (Wildman–Crippen MR) is 62.6 cm³/mol. The highest BCUT2D eigenvalue weighted by atomic mass is 35.5. The minimum Gasteiger partial charge on any atom is -0.357 e. The Labute approximate surface area is 99.6 Å². The summed E-state index contributed by atoms with van der Waals surface area (Å²) in [5.41, 5.74) is 0. The number of anilines is 1. The molecule has 0 saturated heterocycles. The van der Waals surface area contributed by atoms with Gasteiger partial charge in [-0.3, -0.25) is 0 Å². The molecule has 1 aromatic heterocycles. The molecule has 0 aliphatic carbocycles. The van der Waals surface area contributed by atoms with E-state index < -0.39 is 0 Å². The number of rotatable bonds is 5. The van der Waals surface area contributed by atoms with Gasteiger partial charge in [0.1, 0.15) is 0 Å². The Morgan fingerprint density at radius 3 is 2.60 bits per heavy atom. The molecule has 1 aromatic rings. The van der Waals surface area contributed by atoms with Crippen LogP contribution < -0.4 is 4.90 Å². The van der Waals surface area contributed by atoms with Crippen molar-refractivity contribution in [3.8, 4) is 0 Å². The van der Waals surface area contributed by atoms with Crippen LogP contribution in [0.4, 0.5) is 5.82 Å². The zero-order chi connectivity index (χ0) is 11.3. The molecule has 84 valence electrons. The maximum absolute atomic E-state index is 5.87. The van der Waals surface area contributed by atoms with Crippen molar-refractivity contribution in [3.63, 3.8) is 0 Å². The van der Waals surface area contributed by atoms with Crippen LogP contribution in [0.3, 0.4) is 0 Å². The number of hydrogen-bond donors (Lipinski definition) is 0. The van der Waals surface area contributed by atoms with E-state index in [1.165, 1.54) is 12.8 Å². The molecule has 0 saturated carbocycles. The first-order chi connectivity index (χ1) is 7.15. The van der Waals surface area contributed by atoms with Gasteiger partial charge in [-0.25, -0.2) is 0 Å². The van der Waals surface area contributed by atoms with Gasteiger partial charge in [0.25, 0.3) is 0 Å². The van der Waals surface area contributed by atoms with Crippen molar-refractivity contribution in [2.45, 2.75) is 26.2 Å². The zero-order valence-electron chi connectivity index (χ0n) is 8.87. The van der Waals surface area contributed by atoms with E-state index >= 15 is 0 Å². The molecule has 4 nitrogen and oxygen atoms in total. The van der Waals surface area contributed by atoms with E-state index in [1.807, 2.05) is 11.9 Å². The lowest BCUT2D eigenvalue weighted by Crippen LogP contribution is -2.20. The molecule has 0 amide bonds. The Balaban J connectivity index is 2.64. The van der Waals surface area contributed by atoms with E-state index in [0.29, 0.717) is 11.0 Å². The fourth-order valence-corrected chi connectivity index (χ4v) is 1.58. The molecule has 0 spiro atoms. The fraction of sp³-hybridized carbons (Fsp3) is 0.667. The Hall–Kier alpha value is -0.610. The number of hydrogen-bond acceptors (Lipinski definition) is 4. The lowest BCUT2D eigenvalue weighted by Gasteiger charge is -2.17. The van der Waals surface area contributed by atoms with Gasteiger partial charge in [-0.1, -0.05) is 31.4 Å². The monoisotopic (exact) mass is 248 g/mol. The van der Waals surface area contributed by atoms with E-state index in [0.717, 1.165) is 13.0 Å². The van der Waals surface area contributed by atoms with E-state index in [2.05, 4.69) is 22.1 Å². The maximum atomic E-state index is 5.87. The molecule has 15 heavy (non-hydrogen) atoms. The molecular formula is C9H14Cl2N4. The van der Waals surface area contributed by atoms with Gasteiger partial charge in [-0.15, -0.1) is 10.2 Å². The highest BCUT2D eigenvalue weighted by Gasteiger charge is 2.10. The van der Waals surface area contributed by atoms with Crippen LogP contribution in [0.25, 0.3) is 0 Å². The molecule has 0 fully saturated rings. The summed E-state index contributed by atoms with van der Waals surface area (Å²) in [6.07, 6.45) is 3.48. The Bertz CT molecular complexity index is 319. The molecule has 0 N–H and O–H groups in total.